The molecule has 1 aromatic heterocycles. The van der Waals surface area contributed by atoms with Crippen LogP contribution in [0.3, 0.4) is 0 Å². The molecule has 0 radical (unpaired) electrons. The molecule has 6 heteroatoms. The molecule has 1 N–H and O–H groups in total. The second kappa shape index (κ2) is 9.16. The first-order valence-electron chi connectivity index (χ1n) is 8.68. The van der Waals surface area contributed by atoms with Gasteiger partial charge in [0.05, 0.1) is 18.7 Å². The Kier molecular flexibility index (Phi) is 7.70. The van der Waals surface area contributed by atoms with Gasteiger partial charge >= 0.3 is 0 Å². The van der Waals surface area contributed by atoms with E-state index in [0.717, 1.165) is 41.7 Å². The van der Waals surface area contributed by atoms with Crippen LogP contribution in [0.25, 0.3) is 10.9 Å². The quantitative estimate of drug-likeness (QED) is 0.431. The van der Waals surface area contributed by atoms with Gasteiger partial charge in [0.25, 0.3) is 0 Å². The Hall–Kier alpha value is -0.450. The highest BCUT2D eigenvalue weighted by Gasteiger charge is 2.42. The predicted molar refractivity (Wildman–Crippen MR) is 126 cm³/mol. The Labute approximate surface area is 189 Å². The first kappa shape index (κ1) is 21.8. The molecule has 3 fully saturated rings. The normalized spacial score (nSPS) is 27.9. The zero-order valence-electron chi connectivity index (χ0n) is 14.9. The fraction of sp³-hybridized carbons (Fsp3) is 0.450. The van der Waals surface area contributed by atoms with Crippen molar-refractivity contribution in [1.29, 1.82) is 0 Å². The van der Waals surface area contributed by atoms with Crippen molar-refractivity contribution in [3.05, 3.63) is 48.7 Å². The molecule has 142 valence electrons. The standard InChI is InChI=1S/C20H24N2O2.2HI/c1-3-13-12-22-9-7-14(13)10-19(22)20(23)16-6-8-21-18-5-4-15(24-2)11-17(16)18;;/h3-6,8,11,13-14,19-20,23H,1,7,9-10,12H2,2H3;2*1H/t13-,14?,19-,20+;;/m0../s1. The summed E-state index contributed by atoms with van der Waals surface area (Å²) in [5.74, 6) is 2.01. The van der Waals surface area contributed by atoms with Gasteiger partial charge in [-0.15, -0.1) is 54.5 Å². The third kappa shape index (κ3) is 3.88. The number of pyridine rings is 1. The maximum absolute atomic E-state index is 11.2. The van der Waals surface area contributed by atoms with Gasteiger partial charge in [0.1, 0.15) is 5.75 Å². The van der Waals surface area contributed by atoms with E-state index < -0.39 is 6.10 Å². The van der Waals surface area contributed by atoms with Crippen molar-refractivity contribution in [2.75, 3.05) is 20.2 Å². The van der Waals surface area contributed by atoms with Crippen LogP contribution in [0.2, 0.25) is 0 Å². The molecule has 4 heterocycles. The Morgan fingerprint density at radius 3 is 2.81 bits per heavy atom. The average molecular weight is 580 g/mol. The number of fused-ring (bicyclic) bond motifs is 4. The average Bonchev–Trinajstić information content (AvgIpc) is 2.66. The minimum absolute atomic E-state index is 0. The number of benzene rings is 1. The summed E-state index contributed by atoms with van der Waals surface area (Å²) in [7, 11) is 1.66. The van der Waals surface area contributed by atoms with Crippen molar-refractivity contribution >= 4 is 58.9 Å². The molecular weight excluding hydrogens is 554 g/mol. The molecule has 4 nitrogen and oxygen atoms in total. The highest BCUT2D eigenvalue weighted by molar-refractivity contribution is 14.0. The largest absolute Gasteiger partial charge is 0.497 e. The molecule has 0 spiro atoms. The lowest BCUT2D eigenvalue weighted by molar-refractivity contribution is -0.0444. The number of aromatic nitrogens is 1. The van der Waals surface area contributed by atoms with Crippen LogP contribution in [0.1, 0.15) is 24.5 Å². The van der Waals surface area contributed by atoms with E-state index in [2.05, 4.69) is 22.5 Å². The van der Waals surface area contributed by atoms with Gasteiger partial charge in [-0.25, -0.2) is 0 Å². The van der Waals surface area contributed by atoms with Gasteiger partial charge in [-0.05, 0) is 61.1 Å². The van der Waals surface area contributed by atoms with Crippen molar-refractivity contribution < 1.29 is 9.84 Å². The van der Waals surface area contributed by atoms with E-state index in [4.69, 9.17) is 4.74 Å². The lowest BCUT2D eigenvalue weighted by Gasteiger charge is -2.50. The van der Waals surface area contributed by atoms with Crippen molar-refractivity contribution in [3.8, 4) is 5.75 Å². The van der Waals surface area contributed by atoms with Crippen molar-refractivity contribution in [2.24, 2.45) is 11.8 Å². The molecule has 2 unspecified atom stereocenters. The highest BCUT2D eigenvalue weighted by atomic mass is 127. The fourth-order valence-corrected chi connectivity index (χ4v) is 4.44. The van der Waals surface area contributed by atoms with E-state index >= 15 is 0 Å². The third-order valence-electron chi connectivity index (χ3n) is 5.82. The van der Waals surface area contributed by atoms with Crippen LogP contribution >= 0.6 is 48.0 Å². The lowest BCUT2D eigenvalue weighted by atomic mass is 9.73. The maximum Gasteiger partial charge on any atom is 0.119 e. The number of aliphatic hydroxyl groups is 1. The van der Waals surface area contributed by atoms with E-state index in [0.29, 0.717) is 11.8 Å². The summed E-state index contributed by atoms with van der Waals surface area (Å²) in [6.07, 6.45) is 5.62. The molecule has 26 heavy (non-hydrogen) atoms. The monoisotopic (exact) mass is 580 g/mol. The Bertz CT molecular complexity index is 771. The van der Waals surface area contributed by atoms with Crippen LogP contribution in [0, 0.1) is 11.8 Å². The van der Waals surface area contributed by atoms with Crippen LogP contribution in [0.15, 0.2) is 43.1 Å². The topological polar surface area (TPSA) is 45.6 Å². The Morgan fingerprint density at radius 1 is 1.35 bits per heavy atom. The Balaban J connectivity index is 0.00000121. The van der Waals surface area contributed by atoms with E-state index in [9.17, 15) is 5.11 Å². The van der Waals surface area contributed by atoms with Crippen LogP contribution in [0.4, 0.5) is 0 Å². The zero-order valence-corrected chi connectivity index (χ0v) is 19.5. The molecule has 0 aliphatic carbocycles. The van der Waals surface area contributed by atoms with Crippen molar-refractivity contribution in [3.63, 3.8) is 0 Å². The minimum Gasteiger partial charge on any atom is -0.497 e. The summed E-state index contributed by atoms with van der Waals surface area (Å²) < 4.78 is 5.35. The maximum atomic E-state index is 11.2. The number of piperidine rings is 3. The zero-order chi connectivity index (χ0) is 16.7. The molecule has 0 amide bonds. The summed E-state index contributed by atoms with van der Waals surface area (Å²) in [5, 5.41) is 12.1. The Morgan fingerprint density at radius 2 is 2.15 bits per heavy atom. The molecule has 3 saturated heterocycles. The molecule has 2 bridgehead atoms. The molecule has 1 aromatic carbocycles. The van der Waals surface area contributed by atoms with Gasteiger partial charge in [-0.2, -0.15) is 0 Å². The van der Waals surface area contributed by atoms with E-state index in [1.54, 1.807) is 13.3 Å². The first-order chi connectivity index (χ1) is 11.7. The highest BCUT2D eigenvalue weighted by Crippen LogP contribution is 2.42. The smallest absolute Gasteiger partial charge is 0.119 e. The number of hydrogen-bond acceptors (Lipinski definition) is 4. The molecule has 2 aromatic rings. The number of aliphatic hydroxyl groups excluding tert-OH is 1. The van der Waals surface area contributed by atoms with Crippen LogP contribution < -0.4 is 4.74 Å². The predicted octanol–water partition coefficient (Wildman–Crippen LogP) is 4.41. The fourth-order valence-electron chi connectivity index (χ4n) is 4.44. The van der Waals surface area contributed by atoms with Gasteiger partial charge < -0.3 is 9.84 Å². The van der Waals surface area contributed by atoms with Crippen LogP contribution in [0.5, 0.6) is 5.75 Å². The number of ether oxygens (including phenoxy) is 1. The molecule has 0 saturated carbocycles. The van der Waals surface area contributed by atoms with Crippen LogP contribution in [-0.4, -0.2) is 41.2 Å². The number of nitrogens with zero attached hydrogens (tertiary/aromatic N) is 2. The summed E-state index contributed by atoms with van der Waals surface area (Å²) >= 11 is 0. The number of hydrogen-bond donors (Lipinski definition) is 1. The lowest BCUT2D eigenvalue weighted by Crippen LogP contribution is -2.54. The van der Waals surface area contributed by atoms with E-state index in [1.165, 1.54) is 6.42 Å². The second-order valence-corrected chi connectivity index (χ2v) is 6.97. The van der Waals surface area contributed by atoms with Gasteiger partial charge in [0.15, 0.2) is 0 Å². The molecular formula is C20H26I2N2O2. The van der Waals surface area contributed by atoms with Gasteiger partial charge in [0, 0.05) is 24.2 Å². The van der Waals surface area contributed by atoms with Crippen molar-refractivity contribution in [2.45, 2.75) is 25.0 Å². The van der Waals surface area contributed by atoms with Gasteiger partial charge in [-0.1, -0.05) is 6.08 Å². The van der Waals surface area contributed by atoms with E-state index in [1.807, 2.05) is 24.3 Å². The first-order valence-corrected chi connectivity index (χ1v) is 8.68. The van der Waals surface area contributed by atoms with Gasteiger partial charge in [-0.3, -0.25) is 9.88 Å². The second-order valence-electron chi connectivity index (χ2n) is 6.97. The molecule has 3 aliphatic rings. The summed E-state index contributed by atoms with van der Waals surface area (Å²) in [5.41, 5.74) is 1.85. The van der Waals surface area contributed by atoms with Gasteiger partial charge in [0.2, 0.25) is 0 Å². The summed E-state index contributed by atoms with van der Waals surface area (Å²) in [6.45, 7) is 6.07. The van der Waals surface area contributed by atoms with Crippen molar-refractivity contribution in [1.82, 2.24) is 9.88 Å². The third-order valence-corrected chi connectivity index (χ3v) is 5.82. The van der Waals surface area contributed by atoms with E-state index in [-0.39, 0.29) is 54.0 Å². The number of halogens is 2. The number of rotatable bonds is 4. The minimum atomic E-state index is -0.504. The molecule has 5 atom stereocenters. The van der Waals surface area contributed by atoms with Crippen LogP contribution in [-0.2, 0) is 0 Å². The molecule has 3 aliphatic heterocycles. The molecule has 5 rings (SSSR count). The number of methoxy groups -OCH3 is 1. The summed E-state index contributed by atoms with van der Waals surface area (Å²) in [4.78, 5) is 6.86. The summed E-state index contributed by atoms with van der Waals surface area (Å²) in [6, 6.07) is 7.96. The SMILES string of the molecule is C=C[C@H]1CN2CCC1C[C@H]2[C@H](O)c1ccnc2ccc(OC)cc12.I.I.